The molecule has 1 aliphatic rings. The van der Waals surface area contributed by atoms with Crippen LogP contribution in [0.3, 0.4) is 0 Å². The summed E-state index contributed by atoms with van der Waals surface area (Å²) in [5, 5.41) is 2.75. The largest absolute Gasteiger partial charge is 0.487 e. The Morgan fingerprint density at radius 1 is 1.20 bits per heavy atom. The number of ether oxygens (including phenoxy) is 1. The van der Waals surface area contributed by atoms with Crippen LogP contribution in [-0.4, -0.2) is 24.3 Å². The summed E-state index contributed by atoms with van der Waals surface area (Å²) >= 11 is 0. The predicted octanol–water partition coefficient (Wildman–Crippen LogP) is 3.44. The van der Waals surface area contributed by atoms with Crippen molar-refractivity contribution >= 4 is 11.7 Å². The van der Waals surface area contributed by atoms with E-state index in [1.807, 2.05) is 19.1 Å². The van der Waals surface area contributed by atoms with Gasteiger partial charge in [0, 0.05) is 30.0 Å². The lowest BCUT2D eigenvalue weighted by molar-refractivity contribution is -0.119. The number of benzene rings is 2. The van der Waals surface area contributed by atoms with E-state index in [1.54, 1.807) is 6.07 Å². The van der Waals surface area contributed by atoms with Gasteiger partial charge in [-0.05, 0) is 49.2 Å². The van der Waals surface area contributed by atoms with Gasteiger partial charge in [-0.1, -0.05) is 6.07 Å². The first-order valence-electron chi connectivity index (χ1n) is 8.20. The molecule has 2 aromatic rings. The quantitative estimate of drug-likeness (QED) is 0.867. The average Bonchev–Trinajstić information content (AvgIpc) is 2.95. The molecule has 0 bridgehead atoms. The molecule has 0 saturated carbocycles. The van der Waals surface area contributed by atoms with Crippen LogP contribution < -0.4 is 10.1 Å². The predicted molar refractivity (Wildman–Crippen MR) is 93.4 cm³/mol. The molecule has 1 N–H and O–H groups in total. The van der Waals surface area contributed by atoms with Crippen molar-refractivity contribution in [2.45, 2.75) is 33.3 Å². The Morgan fingerprint density at radius 2 is 1.96 bits per heavy atom. The van der Waals surface area contributed by atoms with Crippen molar-refractivity contribution in [3.05, 3.63) is 52.8 Å². The van der Waals surface area contributed by atoms with Crippen molar-refractivity contribution in [1.29, 1.82) is 0 Å². The lowest BCUT2D eigenvalue weighted by Crippen LogP contribution is -2.32. The molecule has 1 amide bonds. The number of ketones is 1. The third kappa shape index (κ3) is 3.55. The maximum absolute atomic E-state index is 14.4. The molecule has 25 heavy (non-hydrogen) atoms. The number of rotatable bonds is 4. The maximum atomic E-state index is 14.4. The Kier molecular flexibility index (Phi) is 4.57. The number of amides is 1. The second-order valence-corrected chi connectivity index (χ2v) is 6.43. The van der Waals surface area contributed by atoms with Gasteiger partial charge in [0.15, 0.2) is 5.78 Å². The fourth-order valence-electron chi connectivity index (χ4n) is 3.11. The van der Waals surface area contributed by atoms with Crippen molar-refractivity contribution < 1.29 is 18.7 Å². The van der Waals surface area contributed by atoms with Crippen molar-refractivity contribution in [2.75, 3.05) is 6.54 Å². The monoisotopic (exact) mass is 341 g/mol. The molecular weight excluding hydrogens is 321 g/mol. The molecule has 2 aromatic carbocycles. The topological polar surface area (TPSA) is 55.4 Å². The minimum atomic E-state index is -0.397. The summed E-state index contributed by atoms with van der Waals surface area (Å²) < 4.78 is 20.4. The highest BCUT2D eigenvalue weighted by atomic mass is 19.1. The van der Waals surface area contributed by atoms with Crippen LogP contribution in [0.2, 0.25) is 0 Å². The molecular formula is C20H20FNO3. The molecule has 0 fully saturated rings. The van der Waals surface area contributed by atoms with E-state index in [4.69, 9.17) is 4.74 Å². The van der Waals surface area contributed by atoms with E-state index in [2.05, 4.69) is 5.32 Å². The zero-order valence-electron chi connectivity index (χ0n) is 14.5. The van der Waals surface area contributed by atoms with E-state index < -0.39 is 5.82 Å². The Balaban J connectivity index is 2.02. The van der Waals surface area contributed by atoms with E-state index in [-0.39, 0.29) is 17.8 Å². The Labute approximate surface area is 146 Å². The first-order chi connectivity index (χ1) is 11.8. The molecule has 0 radical (unpaired) electrons. The molecule has 4 nitrogen and oxygen atoms in total. The van der Waals surface area contributed by atoms with Crippen LogP contribution >= 0.6 is 0 Å². The molecule has 5 heteroatoms. The van der Waals surface area contributed by atoms with Crippen LogP contribution in [0.25, 0.3) is 11.1 Å². The summed E-state index contributed by atoms with van der Waals surface area (Å²) in [5.74, 6) is -0.00145. The van der Waals surface area contributed by atoms with E-state index in [1.165, 1.54) is 26.0 Å². The highest BCUT2D eigenvalue weighted by Crippen LogP contribution is 2.41. The molecule has 1 atom stereocenters. The number of carbonyl (C=O) groups is 2. The van der Waals surface area contributed by atoms with E-state index in [0.717, 1.165) is 11.1 Å². The fraction of sp³-hybridized carbons (Fsp3) is 0.300. The second kappa shape index (κ2) is 6.67. The Hall–Kier alpha value is -2.69. The van der Waals surface area contributed by atoms with Gasteiger partial charge in [-0.3, -0.25) is 9.59 Å². The lowest BCUT2D eigenvalue weighted by atomic mass is 9.95. The van der Waals surface area contributed by atoms with Crippen LogP contribution in [0.15, 0.2) is 30.3 Å². The maximum Gasteiger partial charge on any atom is 0.217 e. The third-order valence-corrected chi connectivity index (χ3v) is 4.28. The zero-order chi connectivity index (χ0) is 18.1. The summed E-state index contributed by atoms with van der Waals surface area (Å²) in [4.78, 5) is 22.8. The zero-order valence-corrected chi connectivity index (χ0v) is 14.5. The van der Waals surface area contributed by atoms with Crippen molar-refractivity contribution in [3.63, 3.8) is 0 Å². The van der Waals surface area contributed by atoms with Gasteiger partial charge in [0.2, 0.25) is 5.91 Å². The summed E-state index contributed by atoms with van der Waals surface area (Å²) in [5.41, 5.74) is 3.43. The molecule has 3 rings (SSSR count). The smallest absolute Gasteiger partial charge is 0.217 e. The lowest BCUT2D eigenvalue weighted by Gasteiger charge is -2.14. The van der Waals surface area contributed by atoms with Gasteiger partial charge in [-0.25, -0.2) is 4.39 Å². The van der Waals surface area contributed by atoms with Gasteiger partial charge in [0.05, 0.1) is 6.54 Å². The highest BCUT2D eigenvalue weighted by Gasteiger charge is 2.27. The number of hydrogen-bond donors (Lipinski definition) is 1. The molecule has 0 spiro atoms. The normalized spacial score (nSPS) is 15.4. The van der Waals surface area contributed by atoms with Gasteiger partial charge >= 0.3 is 0 Å². The van der Waals surface area contributed by atoms with E-state index in [9.17, 15) is 14.0 Å². The molecule has 1 heterocycles. The van der Waals surface area contributed by atoms with Gasteiger partial charge in [0.1, 0.15) is 17.7 Å². The molecule has 0 aliphatic carbocycles. The van der Waals surface area contributed by atoms with Crippen molar-refractivity contribution in [2.24, 2.45) is 0 Å². The summed E-state index contributed by atoms with van der Waals surface area (Å²) in [6.07, 6.45) is 0.469. The first kappa shape index (κ1) is 17.1. The number of fused-ring (bicyclic) bond motifs is 1. The summed E-state index contributed by atoms with van der Waals surface area (Å²) in [6.45, 7) is 5.26. The number of aryl methyl sites for hydroxylation is 1. The summed E-state index contributed by atoms with van der Waals surface area (Å²) in [6, 6.07) is 8.24. The second-order valence-electron chi connectivity index (χ2n) is 6.43. The van der Waals surface area contributed by atoms with Gasteiger partial charge in [0.25, 0.3) is 0 Å². The minimum absolute atomic E-state index is 0.115. The minimum Gasteiger partial charge on any atom is -0.487 e. The molecule has 130 valence electrons. The van der Waals surface area contributed by atoms with Crippen LogP contribution in [0.5, 0.6) is 5.75 Å². The molecule has 1 unspecified atom stereocenters. The van der Waals surface area contributed by atoms with Crippen LogP contribution in [0.4, 0.5) is 4.39 Å². The molecule has 1 aliphatic heterocycles. The Bertz CT molecular complexity index is 860. The number of carbonyl (C=O) groups excluding carboxylic acids is 2. The highest BCUT2D eigenvalue weighted by molar-refractivity contribution is 5.95. The summed E-state index contributed by atoms with van der Waals surface area (Å²) in [7, 11) is 0. The van der Waals surface area contributed by atoms with Crippen molar-refractivity contribution in [3.8, 4) is 16.9 Å². The van der Waals surface area contributed by atoms with Crippen molar-refractivity contribution in [1.82, 2.24) is 5.32 Å². The average molecular weight is 341 g/mol. The van der Waals surface area contributed by atoms with E-state index >= 15 is 0 Å². The Morgan fingerprint density at radius 3 is 2.64 bits per heavy atom. The number of Topliss-reactive ketones (excluding diaryl/α,β-unsaturated/α-hetero) is 1. The van der Waals surface area contributed by atoms with Crippen LogP contribution in [0.1, 0.15) is 35.3 Å². The van der Waals surface area contributed by atoms with Crippen LogP contribution in [0, 0.1) is 12.7 Å². The molecule has 0 aromatic heterocycles. The SMILES string of the molecule is CC(=O)NCC1Cc2cc(C)cc(-c3cc(C(C)=O)ccc3F)c2O1. The molecule has 0 saturated heterocycles. The van der Waals surface area contributed by atoms with Gasteiger partial charge < -0.3 is 10.1 Å². The number of nitrogens with one attached hydrogen (secondary N) is 1. The van der Waals surface area contributed by atoms with Crippen LogP contribution in [-0.2, 0) is 11.2 Å². The first-order valence-corrected chi connectivity index (χ1v) is 8.20. The van der Waals surface area contributed by atoms with Gasteiger partial charge in [-0.15, -0.1) is 0 Å². The van der Waals surface area contributed by atoms with E-state index in [0.29, 0.717) is 35.4 Å². The van der Waals surface area contributed by atoms with Gasteiger partial charge in [-0.2, -0.15) is 0 Å². The number of halogens is 1. The fourth-order valence-corrected chi connectivity index (χ4v) is 3.11. The standard InChI is InChI=1S/C20H20FNO3/c1-11-6-15-8-16(10-22-13(3)24)25-20(15)18(7-11)17-9-14(12(2)23)4-5-19(17)21/h4-7,9,16H,8,10H2,1-3H3,(H,22,24). The third-order valence-electron chi connectivity index (χ3n) is 4.28. The number of hydrogen-bond acceptors (Lipinski definition) is 3.